The van der Waals surface area contributed by atoms with E-state index in [0.717, 1.165) is 9.35 Å². The molecular formula is C16H16BrN3O2S. The summed E-state index contributed by atoms with van der Waals surface area (Å²) in [5.74, 6) is -0.0477. The lowest BCUT2D eigenvalue weighted by Gasteiger charge is -2.34. The molecule has 0 radical (unpaired) electrons. The molecule has 120 valence electrons. The summed E-state index contributed by atoms with van der Waals surface area (Å²) in [6.07, 6.45) is 0. The fourth-order valence-electron chi connectivity index (χ4n) is 2.57. The molecule has 2 amide bonds. The summed E-state index contributed by atoms with van der Waals surface area (Å²) >= 11 is 4.78. The molecule has 0 unspecified atom stereocenters. The molecular weight excluding hydrogens is 378 g/mol. The van der Waals surface area contributed by atoms with Crippen molar-refractivity contribution < 1.29 is 9.59 Å². The number of hydrogen-bond acceptors (Lipinski definition) is 4. The van der Waals surface area contributed by atoms with Gasteiger partial charge in [-0.25, -0.2) is 0 Å². The summed E-state index contributed by atoms with van der Waals surface area (Å²) in [4.78, 5) is 29.2. The Labute approximate surface area is 146 Å². The minimum Gasteiger partial charge on any atom is -0.398 e. The number of carbonyl (C=O) groups excluding carboxylic acids is 2. The highest BCUT2D eigenvalue weighted by Crippen LogP contribution is 2.21. The van der Waals surface area contributed by atoms with E-state index in [1.807, 2.05) is 17.5 Å². The molecule has 1 fully saturated rings. The van der Waals surface area contributed by atoms with Gasteiger partial charge in [-0.3, -0.25) is 9.59 Å². The largest absolute Gasteiger partial charge is 0.398 e. The number of rotatable bonds is 2. The third-order valence-corrected chi connectivity index (χ3v) is 5.18. The molecule has 1 saturated heterocycles. The van der Waals surface area contributed by atoms with Crippen LogP contribution in [0.15, 0.2) is 40.2 Å². The quantitative estimate of drug-likeness (QED) is 0.797. The number of hydrogen-bond donors (Lipinski definition) is 1. The van der Waals surface area contributed by atoms with E-state index >= 15 is 0 Å². The van der Waals surface area contributed by atoms with E-state index in [1.54, 1.807) is 28.0 Å². The molecule has 2 heterocycles. The molecule has 0 spiro atoms. The highest BCUT2D eigenvalue weighted by molar-refractivity contribution is 9.10. The first-order valence-electron chi connectivity index (χ1n) is 7.23. The van der Waals surface area contributed by atoms with E-state index in [2.05, 4.69) is 15.9 Å². The highest BCUT2D eigenvalue weighted by atomic mass is 79.9. The normalized spacial score (nSPS) is 14.8. The lowest BCUT2D eigenvalue weighted by Crippen LogP contribution is -2.50. The standard InChI is InChI=1S/C16H16BrN3O2S/c17-11-3-4-12(13(18)10-11)15(21)19-5-7-20(8-6-19)16(22)14-2-1-9-23-14/h1-4,9-10H,5-8,18H2. The van der Waals surface area contributed by atoms with Crippen LogP contribution in [0.5, 0.6) is 0 Å². The summed E-state index contributed by atoms with van der Waals surface area (Å²) in [6.45, 7) is 2.12. The van der Waals surface area contributed by atoms with Crippen LogP contribution in [-0.2, 0) is 0 Å². The van der Waals surface area contributed by atoms with Crippen molar-refractivity contribution in [3.63, 3.8) is 0 Å². The van der Waals surface area contributed by atoms with Gasteiger partial charge in [0.15, 0.2) is 0 Å². The molecule has 2 aromatic rings. The van der Waals surface area contributed by atoms with Gasteiger partial charge in [0, 0.05) is 36.3 Å². The lowest BCUT2D eigenvalue weighted by atomic mass is 10.1. The molecule has 0 atom stereocenters. The van der Waals surface area contributed by atoms with Crippen molar-refractivity contribution in [3.8, 4) is 0 Å². The molecule has 1 aromatic carbocycles. The van der Waals surface area contributed by atoms with Gasteiger partial charge < -0.3 is 15.5 Å². The second-order valence-electron chi connectivity index (χ2n) is 5.29. The fraction of sp³-hybridized carbons (Fsp3) is 0.250. The number of amides is 2. The molecule has 23 heavy (non-hydrogen) atoms. The number of benzene rings is 1. The van der Waals surface area contributed by atoms with Gasteiger partial charge in [-0.2, -0.15) is 0 Å². The molecule has 0 saturated carbocycles. The summed E-state index contributed by atoms with van der Waals surface area (Å²) in [6, 6.07) is 8.95. The monoisotopic (exact) mass is 393 g/mol. The predicted octanol–water partition coefficient (Wildman–Crippen LogP) is 2.69. The number of anilines is 1. The summed E-state index contributed by atoms with van der Waals surface area (Å²) in [5, 5.41) is 1.89. The summed E-state index contributed by atoms with van der Waals surface area (Å²) in [7, 11) is 0. The molecule has 7 heteroatoms. The first-order valence-corrected chi connectivity index (χ1v) is 8.90. The number of nitrogens with two attached hydrogens (primary N) is 1. The Morgan fingerprint density at radius 3 is 2.26 bits per heavy atom. The molecule has 1 aliphatic rings. The fourth-order valence-corrected chi connectivity index (χ4v) is 3.64. The number of piperazine rings is 1. The number of nitrogen functional groups attached to an aromatic ring is 1. The Bertz CT molecular complexity index is 725. The Balaban J connectivity index is 1.64. The summed E-state index contributed by atoms with van der Waals surface area (Å²) in [5.41, 5.74) is 6.89. The van der Waals surface area contributed by atoms with Crippen molar-refractivity contribution in [2.75, 3.05) is 31.9 Å². The van der Waals surface area contributed by atoms with Crippen molar-refractivity contribution in [2.24, 2.45) is 0 Å². The van der Waals surface area contributed by atoms with Crippen LogP contribution in [0.3, 0.4) is 0 Å². The average molecular weight is 394 g/mol. The van der Waals surface area contributed by atoms with Gasteiger partial charge >= 0.3 is 0 Å². The van der Waals surface area contributed by atoms with Crippen LogP contribution in [0.1, 0.15) is 20.0 Å². The molecule has 1 aromatic heterocycles. The molecule has 0 bridgehead atoms. The highest BCUT2D eigenvalue weighted by Gasteiger charge is 2.26. The number of halogens is 1. The first kappa shape index (κ1) is 16.0. The van der Waals surface area contributed by atoms with E-state index in [-0.39, 0.29) is 11.8 Å². The Morgan fingerprint density at radius 2 is 1.70 bits per heavy atom. The van der Waals surface area contributed by atoms with Gasteiger partial charge in [0.25, 0.3) is 11.8 Å². The van der Waals surface area contributed by atoms with Crippen LogP contribution < -0.4 is 5.73 Å². The average Bonchev–Trinajstić information content (AvgIpc) is 3.08. The molecule has 5 nitrogen and oxygen atoms in total. The Hall–Kier alpha value is -1.86. The molecule has 0 aliphatic carbocycles. The van der Waals surface area contributed by atoms with Crippen molar-refractivity contribution >= 4 is 44.8 Å². The van der Waals surface area contributed by atoms with Gasteiger partial charge in [-0.15, -0.1) is 11.3 Å². The van der Waals surface area contributed by atoms with Crippen molar-refractivity contribution in [2.45, 2.75) is 0 Å². The van der Waals surface area contributed by atoms with Crippen molar-refractivity contribution in [1.82, 2.24) is 9.80 Å². The van der Waals surface area contributed by atoms with Crippen LogP contribution in [-0.4, -0.2) is 47.8 Å². The van der Waals surface area contributed by atoms with E-state index < -0.39 is 0 Å². The van der Waals surface area contributed by atoms with Crippen LogP contribution in [0, 0.1) is 0 Å². The molecule has 1 aliphatic heterocycles. The minimum atomic E-state index is -0.0850. The van der Waals surface area contributed by atoms with E-state index in [0.29, 0.717) is 37.4 Å². The molecule has 3 rings (SSSR count). The zero-order valence-corrected chi connectivity index (χ0v) is 14.8. The second-order valence-corrected chi connectivity index (χ2v) is 7.16. The van der Waals surface area contributed by atoms with Crippen LogP contribution >= 0.6 is 27.3 Å². The van der Waals surface area contributed by atoms with Gasteiger partial charge in [0.2, 0.25) is 0 Å². The number of thiophene rings is 1. The zero-order valence-electron chi connectivity index (χ0n) is 12.4. The van der Waals surface area contributed by atoms with E-state index in [4.69, 9.17) is 5.73 Å². The maximum absolute atomic E-state index is 12.6. The van der Waals surface area contributed by atoms with Gasteiger partial charge in [0.05, 0.1) is 10.4 Å². The SMILES string of the molecule is Nc1cc(Br)ccc1C(=O)N1CCN(C(=O)c2cccs2)CC1. The maximum Gasteiger partial charge on any atom is 0.264 e. The number of nitrogens with zero attached hydrogens (tertiary/aromatic N) is 2. The van der Waals surface area contributed by atoms with Gasteiger partial charge in [0.1, 0.15) is 0 Å². The van der Waals surface area contributed by atoms with Crippen molar-refractivity contribution in [1.29, 1.82) is 0 Å². The third-order valence-electron chi connectivity index (χ3n) is 3.83. The smallest absolute Gasteiger partial charge is 0.264 e. The minimum absolute atomic E-state index is 0.0373. The Kier molecular flexibility index (Phi) is 4.68. The van der Waals surface area contributed by atoms with Crippen LogP contribution in [0.25, 0.3) is 0 Å². The van der Waals surface area contributed by atoms with Crippen molar-refractivity contribution in [3.05, 3.63) is 50.6 Å². The predicted molar refractivity (Wildman–Crippen MR) is 94.7 cm³/mol. The maximum atomic E-state index is 12.6. The van der Waals surface area contributed by atoms with Gasteiger partial charge in [-0.05, 0) is 29.6 Å². The van der Waals surface area contributed by atoms with Gasteiger partial charge in [-0.1, -0.05) is 22.0 Å². The second kappa shape index (κ2) is 6.72. The summed E-state index contributed by atoms with van der Waals surface area (Å²) < 4.78 is 0.845. The van der Waals surface area contributed by atoms with E-state index in [9.17, 15) is 9.59 Å². The van der Waals surface area contributed by atoms with E-state index in [1.165, 1.54) is 11.3 Å². The van der Waals surface area contributed by atoms with Crippen LogP contribution in [0.4, 0.5) is 5.69 Å². The molecule has 2 N–H and O–H groups in total. The lowest BCUT2D eigenvalue weighted by molar-refractivity contribution is 0.0538. The Morgan fingerprint density at radius 1 is 1.04 bits per heavy atom. The third kappa shape index (κ3) is 3.40. The zero-order chi connectivity index (χ0) is 16.4. The van der Waals surface area contributed by atoms with Crippen LogP contribution in [0.2, 0.25) is 0 Å². The number of carbonyl (C=O) groups is 2. The topological polar surface area (TPSA) is 66.6 Å². The first-order chi connectivity index (χ1) is 11.1.